The molecule has 264 valence electrons. The Hall–Kier alpha value is -3.08. The molecule has 5 atom stereocenters. The molecular weight excluding hydrogens is 648 g/mol. The summed E-state index contributed by atoms with van der Waals surface area (Å²) >= 11 is 6.27. The lowest BCUT2D eigenvalue weighted by Gasteiger charge is -2.43. The number of unbranched alkanes of at least 4 members (excludes halogenated alkanes) is 1. The van der Waals surface area contributed by atoms with Crippen LogP contribution in [0.1, 0.15) is 81.3 Å². The van der Waals surface area contributed by atoms with E-state index >= 15 is 0 Å². The first-order chi connectivity index (χ1) is 23.1. The number of ether oxygens (including phenoxy) is 2. The first-order valence-electron chi connectivity index (χ1n) is 17.4. The summed E-state index contributed by atoms with van der Waals surface area (Å²) in [6.45, 7) is 10.4. The molecule has 0 radical (unpaired) electrons. The van der Waals surface area contributed by atoms with E-state index in [9.17, 15) is 13.8 Å². The van der Waals surface area contributed by atoms with Crippen LogP contribution in [0, 0.1) is 17.8 Å². The summed E-state index contributed by atoms with van der Waals surface area (Å²) in [6.07, 6.45) is 10.7. The average Bonchev–Trinajstić information content (AvgIpc) is 3.03. The molecule has 3 amide bonds. The summed E-state index contributed by atoms with van der Waals surface area (Å²) in [4.78, 5) is 28.4. The minimum Gasteiger partial charge on any atom is -0.491 e. The first-order valence-corrected chi connectivity index (χ1v) is 19.5. The number of halogens is 1. The van der Waals surface area contributed by atoms with Crippen molar-refractivity contribution >= 4 is 39.1 Å². The second kappa shape index (κ2) is 18.1. The second-order valence-electron chi connectivity index (χ2n) is 12.9. The number of nitrogens with one attached hydrogen (secondary N) is 2. The van der Waals surface area contributed by atoms with Gasteiger partial charge in [-0.3, -0.25) is 9.52 Å². The molecule has 9 nitrogen and oxygen atoms in total. The summed E-state index contributed by atoms with van der Waals surface area (Å²) in [5.41, 5.74) is 3.70. The van der Waals surface area contributed by atoms with Crippen LogP contribution in [0.15, 0.2) is 52.9 Å². The molecule has 2 aromatic carbocycles. The predicted molar refractivity (Wildman–Crippen MR) is 196 cm³/mol. The molecule has 1 aliphatic heterocycles. The van der Waals surface area contributed by atoms with Crippen LogP contribution in [0.4, 0.5) is 10.5 Å². The fourth-order valence-electron chi connectivity index (χ4n) is 6.65. The van der Waals surface area contributed by atoms with Crippen LogP contribution in [0.25, 0.3) is 0 Å². The van der Waals surface area contributed by atoms with E-state index in [-0.39, 0.29) is 17.8 Å². The number of aryl methyl sites for hydroxylation is 2. The summed E-state index contributed by atoms with van der Waals surface area (Å²) < 4.78 is 33.1. The Morgan fingerprint density at radius 1 is 1.10 bits per heavy atom. The van der Waals surface area contributed by atoms with Gasteiger partial charge in [0.15, 0.2) is 0 Å². The molecular formula is C37H53ClN4O5S. The first kappa shape index (κ1) is 37.7. The quantitative estimate of drug-likeness (QED) is 0.185. The monoisotopic (exact) mass is 700 g/mol. The summed E-state index contributed by atoms with van der Waals surface area (Å²) in [5, 5.41) is 3.37. The molecule has 4 rings (SSSR count). The highest BCUT2D eigenvalue weighted by molar-refractivity contribution is 7.92. The number of urea groups is 1. The van der Waals surface area contributed by atoms with Gasteiger partial charge in [-0.15, -0.1) is 4.36 Å². The molecule has 2 N–H and O–H groups in total. The Morgan fingerprint density at radius 2 is 1.92 bits per heavy atom. The maximum absolute atomic E-state index is 14.0. The largest absolute Gasteiger partial charge is 0.491 e. The van der Waals surface area contributed by atoms with Gasteiger partial charge in [-0.2, -0.15) is 0 Å². The van der Waals surface area contributed by atoms with Crippen molar-refractivity contribution in [2.75, 3.05) is 44.0 Å². The Morgan fingerprint density at radius 3 is 2.60 bits per heavy atom. The van der Waals surface area contributed by atoms with Gasteiger partial charge in [-0.25, -0.2) is 9.00 Å². The van der Waals surface area contributed by atoms with Gasteiger partial charge < -0.3 is 19.7 Å². The number of allylic oxidation sites excluding steroid dienone is 1. The second-order valence-corrected chi connectivity index (χ2v) is 15.4. The van der Waals surface area contributed by atoms with Crippen LogP contribution < -0.4 is 19.7 Å². The van der Waals surface area contributed by atoms with Crippen molar-refractivity contribution in [2.24, 2.45) is 22.1 Å². The van der Waals surface area contributed by atoms with E-state index < -0.39 is 21.9 Å². The number of carbonyl (C=O) groups excluding carboxylic acids is 2. The molecule has 2 bridgehead atoms. The highest BCUT2D eigenvalue weighted by atomic mass is 35.5. The van der Waals surface area contributed by atoms with Crippen LogP contribution in [0.5, 0.6) is 5.75 Å². The molecule has 0 saturated heterocycles. The van der Waals surface area contributed by atoms with Crippen molar-refractivity contribution in [3.63, 3.8) is 0 Å². The molecule has 1 unspecified atom stereocenters. The van der Waals surface area contributed by atoms with Crippen molar-refractivity contribution in [3.8, 4) is 5.75 Å². The fraction of sp³-hybridized carbons (Fsp3) is 0.568. The van der Waals surface area contributed by atoms with E-state index in [1.807, 2.05) is 19.1 Å². The third-order valence-corrected chi connectivity index (χ3v) is 11.6. The van der Waals surface area contributed by atoms with Gasteiger partial charge in [0, 0.05) is 37.3 Å². The van der Waals surface area contributed by atoms with E-state index in [1.54, 1.807) is 26.2 Å². The molecule has 1 saturated carbocycles. The molecule has 2 aromatic rings. The van der Waals surface area contributed by atoms with Crippen molar-refractivity contribution in [1.29, 1.82) is 0 Å². The van der Waals surface area contributed by atoms with Crippen LogP contribution in [0.3, 0.4) is 0 Å². The lowest BCUT2D eigenvalue weighted by Crippen LogP contribution is -2.43. The van der Waals surface area contributed by atoms with Crippen molar-refractivity contribution in [2.45, 2.75) is 78.7 Å². The van der Waals surface area contributed by atoms with Crippen LogP contribution in [0.2, 0.25) is 5.02 Å². The van der Waals surface area contributed by atoms with Gasteiger partial charge >= 0.3 is 6.03 Å². The van der Waals surface area contributed by atoms with E-state index in [0.717, 1.165) is 55.8 Å². The zero-order valence-corrected chi connectivity index (χ0v) is 30.7. The zero-order valence-electron chi connectivity index (χ0n) is 29.1. The third kappa shape index (κ3) is 10.2. The Kier molecular flexibility index (Phi) is 14.2. The number of fused-ring (bicyclic) bond motifs is 3. The summed E-state index contributed by atoms with van der Waals surface area (Å²) in [5.74, 6) is 0.783. The third-order valence-electron chi connectivity index (χ3n) is 9.40. The number of carbonyl (C=O) groups is 2. The van der Waals surface area contributed by atoms with E-state index in [2.05, 4.69) is 57.4 Å². The normalized spacial score (nSPS) is 25.3. The van der Waals surface area contributed by atoms with Crippen molar-refractivity contribution in [1.82, 2.24) is 10.0 Å². The molecule has 1 aliphatic carbocycles. The van der Waals surface area contributed by atoms with Gasteiger partial charge in [0.25, 0.3) is 5.91 Å². The Labute approximate surface area is 292 Å². The molecule has 1 heterocycles. The zero-order chi connectivity index (χ0) is 34.7. The molecule has 0 spiro atoms. The maximum atomic E-state index is 14.0. The predicted octanol–water partition coefficient (Wildman–Crippen LogP) is 7.61. The average molecular weight is 701 g/mol. The fourth-order valence-corrected chi connectivity index (χ4v) is 8.69. The number of hydrogen-bond donors (Lipinski definition) is 2. The topological polar surface area (TPSA) is 109 Å². The number of amides is 3. The van der Waals surface area contributed by atoms with E-state index in [4.69, 9.17) is 21.1 Å². The summed E-state index contributed by atoms with van der Waals surface area (Å²) in [6, 6.07) is 10.8. The molecule has 11 heteroatoms. The van der Waals surface area contributed by atoms with Crippen molar-refractivity contribution < 1.29 is 23.3 Å². The number of nitrogens with zero attached hydrogens (tertiary/aromatic N) is 2. The van der Waals surface area contributed by atoms with Crippen molar-refractivity contribution in [3.05, 3.63) is 70.3 Å². The van der Waals surface area contributed by atoms with E-state index in [0.29, 0.717) is 49.3 Å². The van der Waals surface area contributed by atoms with E-state index in [1.165, 1.54) is 11.1 Å². The standard InChI is InChI=1S/C37H53ClN4O5S/c1-6-27-15-18-31(38)22-28(27)13-9-10-21-47-35-20-17-29-23-33(35)42(8-3)24-30-16-19-32(30)34(46-5)14-11-12-26(4)25-48(45,40-36(29)43)41-37(44)39-7-2/h11,14-15,17-18,20,22-23,26,30,32,34H,6-10,12-13,16,19,21,24-25H2,1-5H3,(H2,39,40,41,43,44,45)/b14-11+/t26-,30-,32+,34-,48?/m0/s1. The molecule has 48 heavy (non-hydrogen) atoms. The SMILES string of the molecule is CCNC(=O)NS1(=O)=NC(=O)c2ccc(OCCCCc3cc(Cl)ccc3CC)c(c2)N(CC)C[C@@H]2CC[C@H]2[C@@H](OC)/C=C/C[C@H](C)C1. The number of benzene rings is 2. The van der Waals surface area contributed by atoms with Gasteiger partial charge in [0.2, 0.25) is 0 Å². The van der Waals surface area contributed by atoms with Crippen LogP contribution >= 0.6 is 11.6 Å². The number of rotatable bonds is 11. The van der Waals surface area contributed by atoms with Gasteiger partial charge in [-0.1, -0.05) is 43.7 Å². The number of methoxy groups -OCH3 is 1. The highest BCUT2D eigenvalue weighted by Gasteiger charge is 2.37. The summed E-state index contributed by atoms with van der Waals surface area (Å²) in [7, 11) is -1.67. The maximum Gasteiger partial charge on any atom is 0.327 e. The van der Waals surface area contributed by atoms with Gasteiger partial charge in [0.05, 0.1) is 24.2 Å². The smallest absolute Gasteiger partial charge is 0.327 e. The van der Waals surface area contributed by atoms with Crippen LogP contribution in [-0.4, -0.2) is 61.4 Å². The van der Waals surface area contributed by atoms with Crippen LogP contribution in [-0.2, 0) is 27.5 Å². The number of anilines is 1. The minimum atomic E-state index is -3.42. The van der Waals surface area contributed by atoms with Gasteiger partial charge in [0.1, 0.15) is 15.7 Å². The minimum absolute atomic E-state index is 0.0265. The Bertz CT molecular complexity index is 1560. The molecule has 2 aliphatic rings. The highest BCUT2D eigenvalue weighted by Crippen LogP contribution is 2.41. The Balaban J connectivity index is 1.63. The number of hydrogen-bond acceptors (Lipinski definition) is 6. The lowest BCUT2D eigenvalue weighted by molar-refractivity contribution is 0.0135. The van der Waals surface area contributed by atoms with Gasteiger partial charge in [-0.05, 0) is 118 Å². The molecule has 1 fully saturated rings. The molecule has 0 aromatic heterocycles. The lowest BCUT2D eigenvalue weighted by atomic mass is 9.70.